The lowest BCUT2D eigenvalue weighted by molar-refractivity contribution is -0.137. The van der Waals surface area contributed by atoms with Crippen molar-refractivity contribution in [2.75, 3.05) is 77.0 Å². The summed E-state index contributed by atoms with van der Waals surface area (Å²) in [5, 5.41) is 21.2. The first-order valence-corrected chi connectivity index (χ1v) is 26.8. The highest BCUT2D eigenvalue weighted by atomic mass is 35.5. The van der Waals surface area contributed by atoms with Crippen LogP contribution >= 0.6 is 12.4 Å². The highest BCUT2D eigenvalue weighted by Gasteiger charge is 2.41. The number of piperidine rings is 2. The standard InChI is InChI=1S/C57H72N10O9.ClH/c1-40(59-53(70)43-12-10-13-44(38-43)63-57(25-29-66(2)30-26-57)56-62-52(64-65-56)42-23-27-58-28-24-42)41-17-19-45(20-18-41)76-33-9-4-3-7-31-73-34-36-75-37-35-74-32-8-5-6-16-50(68)60-48-15-11-14-46-47(48)39-67(55(46)72)49-21-22-51(69)61-54(49)71;/h10-15,17-20,23-24,27-28,38,40,49,63H,3-9,16,21-22,25-26,29-37,39H2,1-2H3,(H,59,70)(H,60,68)(H,61,69,71)(H,62,64,65);1H/t40-,49?;/m0./s1. The van der Waals surface area contributed by atoms with E-state index in [1.165, 1.54) is 4.90 Å². The highest BCUT2D eigenvalue weighted by Crippen LogP contribution is 2.36. The van der Waals surface area contributed by atoms with Crippen molar-refractivity contribution >= 4 is 53.3 Å². The number of imide groups is 1. The zero-order valence-electron chi connectivity index (χ0n) is 44.2. The Bertz CT molecular complexity index is 2720. The van der Waals surface area contributed by atoms with Gasteiger partial charge in [-0.2, -0.15) is 0 Å². The average Bonchev–Trinajstić information content (AvgIpc) is 4.07. The maximum atomic E-state index is 13.5. The van der Waals surface area contributed by atoms with E-state index >= 15 is 0 Å². The van der Waals surface area contributed by atoms with Crippen molar-refractivity contribution in [1.82, 2.24) is 40.6 Å². The number of H-pyrrole nitrogens is 1. The van der Waals surface area contributed by atoms with Crippen LogP contribution in [0.15, 0.2) is 91.3 Å². The number of aromatic nitrogens is 4. The first-order chi connectivity index (χ1) is 37.0. The SMILES string of the molecule is C[C@H](NC(=O)c1cccc(NC2(c3nnc(-c4ccncc4)[nH]3)CCN(C)CC2)c1)c1ccc(OCCCCCCOCCOCCOCCCCCC(=O)Nc2cccc3c2CN(C2CCC(=O)NC2=O)C3=O)cc1.Cl. The fourth-order valence-corrected chi connectivity index (χ4v) is 9.74. The van der Waals surface area contributed by atoms with Crippen LogP contribution in [-0.2, 0) is 40.7 Å². The van der Waals surface area contributed by atoms with Crippen molar-refractivity contribution in [2.45, 2.75) is 108 Å². The summed E-state index contributed by atoms with van der Waals surface area (Å²) in [5.41, 5.74) is 4.56. The van der Waals surface area contributed by atoms with Crippen LogP contribution in [0.4, 0.5) is 11.4 Å². The van der Waals surface area contributed by atoms with Crippen LogP contribution in [0.2, 0.25) is 0 Å². The van der Waals surface area contributed by atoms with E-state index in [1.54, 1.807) is 30.6 Å². The molecule has 0 radical (unpaired) electrons. The highest BCUT2D eigenvalue weighted by molar-refractivity contribution is 6.07. The van der Waals surface area contributed by atoms with Crippen LogP contribution in [0, 0.1) is 0 Å². The predicted octanol–water partition coefficient (Wildman–Crippen LogP) is 7.76. The number of carbonyl (C=O) groups excluding carboxylic acids is 5. The Kier molecular flexibility index (Phi) is 21.9. The lowest BCUT2D eigenvalue weighted by atomic mass is 9.86. The number of carbonyl (C=O) groups is 5. The summed E-state index contributed by atoms with van der Waals surface area (Å²) >= 11 is 0. The van der Waals surface area contributed by atoms with Crippen molar-refractivity contribution in [1.29, 1.82) is 0 Å². The van der Waals surface area contributed by atoms with E-state index in [0.717, 1.165) is 92.8 Å². The van der Waals surface area contributed by atoms with Gasteiger partial charge in [-0.05, 0) is 125 Å². The van der Waals surface area contributed by atoms with E-state index in [1.807, 2.05) is 67.6 Å². The van der Waals surface area contributed by atoms with Gasteiger partial charge >= 0.3 is 0 Å². The van der Waals surface area contributed by atoms with Gasteiger partial charge in [-0.1, -0.05) is 37.1 Å². The number of fused-ring (bicyclic) bond motifs is 1. The summed E-state index contributed by atoms with van der Waals surface area (Å²) in [4.78, 5) is 74.7. The molecule has 3 aliphatic heterocycles. The molecular formula is C57H73ClN10O9. The maximum Gasteiger partial charge on any atom is 0.255 e. The summed E-state index contributed by atoms with van der Waals surface area (Å²) in [6.45, 7) is 7.89. The monoisotopic (exact) mass is 1080 g/mol. The number of ether oxygens (including phenoxy) is 4. The quantitative estimate of drug-likeness (QED) is 0.0228. The third kappa shape index (κ3) is 16.4. The number of hydrogen-bond acceptors (Lipinski definition) is 14. The summed E-state index contributed by atoms with van der Waals surface area (Å²) in [6.07, 6.45) is 12.3. The molecule has 0 aliphatic carbocycles. The number of likely N-dealkylation sites (tertiary alicyclic amines) is 1. The molecule has 5 N–H and O–H groups in total. The molecule has 3 aromatic carbocycles. The molecule has 2 aromatic heterocycles. The van der Waals surface area contributed by atoms with Crippen LogP contribution in [0.25, 0.3) is 11.4 Å². The Morgan fingerprint density at radius 2 is 1.47 bits per heavy atom. The van der Waals surface area contributed by atoms with E-state index in [9.17, 15) is 24.0 Å². The van der Waals surface area contributed by atoms with Gasteiger partial charge in [0.1, 0.15) is 11.8 Å². The normalized spacial score (nSPS) is 16.5. The second-order valence-electron chi connectivity index (χ2n) is 19.8. The van der Waals surface area contributed by atoms with Crippen LogP contribution < -0.4 is 26.0 Å². The summed E-state index contributed by atoms with van der Waals surface area (Å²) < 4.78 is 23.1. The Hall–Kier alpha value is -6.77. The largest absolute Gasteiger partial charge is 0.494 e. The van der Waals surface area contributed by atoms with Crippen molar-refractivity contribution in [3.05, 3.63) is 119 Å². The topological polar surface area (TPSA) is 231 Å². The summed E-state index contributed by atoms with van der Waals surface area (Å²) in [7, 11) is 2.12. The second kappa shape index (κ2) is 29.1. The molecule has 77 heavy (non-hydrogen) atoms. The van der Waals surface area contributed by atoms with E-state index in [-0.39, 0.29) is 61.5 Å². The first kappa shape index (κ1) is 57.9. The number of hydrogen-bond donors (Lipinski definition) is 5. The number of anilines is 2. The Morgan fingerprint density at radius 1 is 0.792 bits per heavy atom. The van der Waals surface area contributed by atoms with Gasteiger partial charge in [0.05, 0.1) is 44.6 Å². The minimum atomic E-state index is -0.705. The van der Waals surface area contributed by atoms with Crippen molar-refractivity contribution in [3.63, 3.8) is 0 Å². The van der Waals surface area contributed by atoms with Gasteiger partial charge in [-0.25, -0.2) is 0 Å². The van der Waals surface area contributed by atoms with Gasteiger partial charge in [-0.15, -0.1) is 22.6 Å². The Balaban J connectivity index is 0.00000861. The van der Waals surface area contributed by atoms with Gasteiger partial charge in [0.15, 0.2) is 11.6 Å². The smallest absolute Gasteiger partial charge is 0.255 e. The van der Waals surface area contributed by atoms with Gasteiger partial charge in [0, 0.05) is 91.7 Å². The zero-order chi connectivity index (χ0) is 53.1. The number of nitrogens with one attached hydrogen (secondary N) is 5. The average molecular weight is 1080 g/mol. The fourth-order valence-electron chi connectivity index (χ4n) is 9.74. The van der Waals surface area contributed by atoms with Crippen LogP contribution in [-0.4, -0.2) is 132 Å². The van der Waals surface area contributed by atoms with Gasteiger partial charge in [0.2, 0.25) is 17.7 Å². The molecule has 3 aliphatic rings. The third-order valence-electron chi connectivity index (χ3n) is 14.2. The van der Waals surface area contributed by atoms with Crippen LogP contribution in [0.5, 0.6) is 5.75 Å². The summed E-state index contributed by atoms with van der Waals surface area (Å²) in [6, 6.07) is 23.6. The molecule has 412 valence electrons. The minimum absolute atomic E-state index is 0. The van der Waals surface area contributed by atoms with Crippen molar-refractivity contribution < 1.29 is 42.9 Å². The van der Waals surface area contributed by atoms with Crippen molar-refractivity contribution in [2.24, 2.45) is 0 Å². The molecule has 2 atom stereocenters. The molecule has 0 bridgehead atoms. The van der Waals surface area contributed by atoms with E-state index < -0.39 is 17.5 Å². The third-order valence-corrected chi connectivity index (χ3v) is 14.2. The molecule has 5 amide bonds. The second-order valence-corrected chi connectivity index (χ2v) is 19.8. The number of halogens is 1. The molecule has 1 unspecified atom stereocenters. The molecule has 8 rings (SSSR count). The lowest BCUT2D eigenvalue weighted by Gasteiger charge is -2.40. The number of aromatic amines is 1. The van der Waals surface area contributed by atoms with Crippen molar-refractivity contribution in [3.8, 4) is 17.1 Å². The molecule has 20 heteroatoms. The molecule has 5 heterocycles. The number of pyridine rings is 1. The van der Waals surface area contributed by atoms with Gasteiger partial charge < -0.3 is 49.7 Å². The van der Waals surface area contributed by atoms with E-state index in [2.05, 4.69) is 53.4 Å². The maximum absolute atomic E-state index is 13.5. The number of unbranched alkanes of at least 4 members (excludes halogenated alkanes) is 5. The van der Waals surface area contributed by atoms with E-state index in [4.69, 9.17) is 18.9 Å². The predicted molar refractivity (Wildman–Crippen MR) is 294 cm³/mol. The Labute approximate surface area is 456 Å². The number of benzene rings is 3. The minimum Gasteiger partial charge on any atom is -0.494 e. The lowest BCUT2D eigenvalue weighted by Crippen LogP contribution is -2.52. The molecule has 0 saturated carbocycles. The van der Waals surface area contributed by atoms with Crippen LogP contribution in [0.3, 0.4) is 0 Å². The number of amides is 5. The molecule has 0 spiro atoms. The number of rotatable bonds is 29. The zero-order valence-corrected chi connectivity index (χ0v) is 45.0. The molecule has 2 saturated heterocycles. The van der Waals surface area contributed by atoms with Gasteiger partial charge in [-0.3, -0.25) is 34.3 Å². The first-order valence-electron chi connectivity index (χ1n) is 26.8. The molecule has 2 fully saturated rings. The molecule has 19 nitrogen and oxygen atoms in total. The van der Waals surface area contributed by atoms with E-state index in [0.29, 0.717) is 87.3 Å². The Morgan fingerprint density at radius 3 is 2.18 bits per heavy atom. The molecule has 5 aromatic rings. The fraction of sp³-hybridized carbons (Fsp3) is 0.474. The van der Waals surface area contributed by atoms with Crippen LogP contribution in [0.1, 0.15) is 128 Å². The summed E-state index contributed by atoms with van der Waals surface area (Å²) in [5.74, 6) is 0.909. The molecular weight excluding hydrogens is 1000 g/mol. The van der Waals surface area contributed by atoms with Gasteiger partial charge in [0.25, 0.3) is 11.8 Å². The number of nitrogens with zero attached hydrogens (tertiary/aromatic N) is 5.